The first-order chi connectivity index (χ1) is 23.0. The molecule has 0 aliphatic carbocycles. The molecule has 5 aromatic rings. The van der Waals surface area contributed by atoms with Gasteiger partial charge in [-0.3, -0.25) is 14.2 Å². The van der Waals surface area contributed by atoms with E-state index in [1.54, 1.807) is 40.2 Å². The Kier molecular flexibility index (Phi) is 10.2. The minimum atomic E-state index is -0.367. The van der Waals surface area contributed by atoms with Gasteiger partial charge in [0.15, 0.2) is 17.6 Å². The summed E-state index contributed by atoms with van der Waals surface area (Å²) in [4.78, 5) is 27.3. The van der Waals surface area contributed by atoms with Crippen LogP contribution in [-0.2, 0) is 16.1 Å². The van der Waals surface area contributed by atoms with Crippen molar-refractivity contribution in [1.29, 1.82) is 0 Å². The van der Waals surface area contributed by atoms with Crippen LogP contribution in [0.2, 0.25) is 0 Å². The Bertz CT molecular complexity index is 1830. The minimum absolute atomic E-state index is 0.0192. The minimum Gasteiger partial charge on any atom is -0.494 e. The van der Waals surface area contributed by atoms with E-state index in [-0.39, 0.29) is 42.6 Å². The van der Waals surface area contributed by atoms with Gasteiger partial charge in [-0.1, -0.05) is 48.2 Å². The lowest BCUT2D eigenvalue weighted by Gasteiger charge is -2.22. The number of thiophene rings is 1. The van der Waals surface area contributed by atoms with Gasteiger partial charge < -0.3 is 14.8 Å². The fourth-order valence-electron chi connectivity index (χ4n) is 4.99. The van der Waals surface area contributed by atoms with E-state index in [4.69, 9.17) is 14.6 Å². The third-order valence-corrected chi connectivity index (χ3v) is 9.05. The number of para-hydroxylation sites is 1. The molecule has 3 heterocycles. The van der Waals surface area contributed by atoms with Crippen molar-refractivity contribution in [3.8, 4) is 17.2 Å². The smallest absolute Gasteiger partial charge is 0.258 e. The van der Waals surface area contributed by atoms with Crippen LogP contribution in [0, 0.1) is 5.82 Å². The number of rotatable bonds is 13. The summed E-state index contributed by atoms with van der Waals surface area (Å²) in [6.45, 7) is 2.37. The van der Waals surface area contributed by atoms with Crippen LogP contribution >= 0.6 is 23.1 Å². The van der Waals surface area contributed by atoms with Gasteiger partial charge in [0.25, 0.3) is 11.8 Å². The normalized spacial score (nSPS) is 14.1. The van der Waals surface area contributed by atoms with Gasteiger partial charge in [-0.05, 0) is 72.5 Å². The highest BCUT2D eigenvalue weighted by Gasteiger charge is 2.33. The second kappa shape index (κ2) is 15.1. The fourth-order valence-corrected chi connectivity index (χ4v) is 6.53. The lowest BCUT2D eigenvalue weighted by molar-refractivity contribution is -0.130. The zero-order chi connectivity index (χ0) is 32.6. The molecule has 1 N–H and O–H groups in total. The van der Waals surface area contributed by atoms with E-state index in [1.807, 2.05) is 66.9 Å². The average molecular weight is 671 g/mol. The molecule has 0 saturated carbocycles. The molecule has 3 aromatic carbocycles. The number of thioether (sulfide) groups is 1. The molecule has 2 amide bonds. The molecular formula is C34H31FN6O4S2. The molecule has 0 unspecified atom stereocenters. The number of hydrogen-bond donors (Lipinski definition) is 1. The fraction of sp³-hybridized carbons (Fsp3) is 0.206. The van der Waals surface area contributed by atoms with E-state index in [2.05, 4.69) is 15.5 Å². The number of nitrogens with zero attached hydrogens (tertiary/aromatic N) is 5. The summed E-state index contributed by atoms with van der Waals surface area (Å²) in [5.74, 6) is 0.900. The van der Waals surface area contributed by atoms with Crippen LogP contribution in [-0.4, -0.2) is 56.3 Å². The first-order valence-electron chi connectivity index (χ1n) is 14.9. The van der Waals surface area contributed by atoms with Gasteiger partial charge in [0.2, 0.25) is 0 Å². The first-order valence-corrected chi connectivity index (χ1v) is 16.8. The van der Waals surface area contributed by atoms with E-state index in [9.17, 15) is 14.0 Å². The summed E-state index contributed by atoms with van der Waals surface area (Å²) in [6, 6.07) is 26.2. The Morgan fingerprint density at radius 1 is 0.957 bits per heavy atom. The van der Waals surface area contributed by atoms with E-state index in [1.165, 1.54) is 28.9 Å². The van der Waals surface area contributed by atoms with Crippen LogP contribution < -0.4 is 14.8 Å². The van der Waals surface area contributed by atoms with Gasteiger partial charge in [-0.15, -0.1) is 21.5 Å². The maximum atomic E-state index is 13.7. The third-order valence-electron chi connectivity index (χ3n) is 7.21. The van der Waals surface area contributed by atoms with E-state index in [0.717, 1.165) is 21.8 Å². The maximum absolute atomic E-state index is 13.7. The van der Waals surface area contributed by atoms with Crippen molar-refractivity contribution in [2.24, 2.45) is 5.10 Å². The predicted octanol–water partition coefficient (Wildman–Crippen LogP) is 6.03. The van der Waals surface area contributed by atoms with Crippen molar-refractivity contribution in [2.75, 3.05) is 19.0 Å². The van der Waals surface area contributed by atoms with Crippen molar-refractivity contribution < 1.29 is 23.5 Å². The van der Waals surface area contributed by atoms with Gasteiger partial charge >= 0.3 is 0 Å². The highest BCUT2D eigenvalue weighted by Crippen LogP contribution is 2.35. The highest BCUT2D eigenvalue weighted by atomic mass is 32.2. The number of amides is 2. The highest BCUT2D eigenvalue weighted by molar-refractivity contribution is 7.99. The molecule has 0 saturated heterocycles. The van der Waals surface area contributed by atoms with E-state index < -0.39 is 0 Å². The molecule has 0 spiro atoms. The molecule has 47 heavy (non-hydrogen) atoms. The molecule has 6 rings (SSSR count). The van der Waals surface area contributed by atoms with E-state index >= 15 is 0 Å². The third kappa shape index (κ3) is 7.87. The lowest BCUT2D eigenvalue weighted by Crippen LogP contribution is -2.29. The first kappa shape index (κ1) is 32.0. The van der Waals surface area contributed by atoms with Gasteiger partial charge in [0, 0.05) is 12.1 Å². The molecule has 1 atom stereocenters. The maximum Gasteiger partial charge on any atom is 0.258 e. The summed E-state index contributed by atoms with van der Waals surface area (Å²) < 4.78 is 26.7. The van der Waals surface area contributed by atoms with Gasteiger partial charge in [-0.2, -0.15) is 5.10 Å². The number of carbonyl (C=O) groups is 2. The number of hydrazone groups is 1. The Hall–Kier alpha value is -5.01. The van der Waals surface area contributed by atoms with Crippen LogP contribution in [0.3, 0.4) is 0 Å². The summed E-state index contributed by atoms with van der Waals surface area (Å²) in [5, 5.41) is 20.2. The Morgan fingerprint density at radius 2 is 1.72 bits per heavy atom. The number of nitrogens with one attached hydrogen (secondary N) is 1. The van der Waals surface area contributed by atoms with Crippen LogP contribution in [0.1, 0.15) is 35.7 Å². The molecule has 0 fully saturated rings. The molecule has 240 valence electrons. The number of halogens is 1. The van der Waals surface area contributed by atoms with Crippen molar-refractivity contribution >= 4 is 40.6 Å². The predicted molar refractivity (Wildman–Crippen MR) is 178 cm³/mol. The van der Waals surface area contributed by atoms with Gasteiger partial charge in [0.1, 0.15) is 17.3 Å². The molecule has 0 bridgehead atoms. The number of carbonyl (C=O) groups excluding carboxylic acids is 2. The molecule has 10 nitrogen and oxygen atoms in total. The Morgan fingerprint density at radius 3 is 2.45 bits per heavy atom. The zero-order valence-electron chi connectivity index (χ0n) is 25.4. The molecule has 1 aliphatic heterocycles. The van der Waals surface area contributed by atoms with Crippen LogP contribution in [0.25, 0.3) is 5.69 Å². The van der Waals surface area contributed by atoms with Gasteiger partial charge in [-0.25, -0.2) is 9.40 Å². The Labute approximate surface area is 279 Å². The Balaban J connectivity index is 1.20. The molecule has 2 aromatic heterocycles. The number of hydrogen-bond acceptors (Lipinski definition) is 9. The summed E-state index contributed by atoms with van der Waals surface area (Å²) in [6.07, 6.45) is 0.517. The molecular weight excluding hydrogens is 640 g/mol. The largest absolute Gasteiger partial charge is 0.494 e. The summed E-state index contributed by atoms with van der Waals surface area (Å²) >= 11 is 2.77. The van der Waals surface area contributed by atoms with Crippen LogP contribution in [0.15, 0.2) is 107 Å². The second-order valence-electron chi connectivity index (χ2n) is 10.4. The monoisotopic (exact) mass is 670 g/mol. The van der Waals surface area contributed by atoms with Crippen molar-refractivity contribution in [3.63, 3.8) is 0 Å². The van der Waals surface area contributed by atoms with E-state index in [0.29, 0.717) is 35.5 Å². The van der Waals surface area contributed by atoms with Gasteiger partial charge in [0.05, 0.1) is 35.5 Å². The lowest BCUT2D eigenvalue weighted by atomic mass is 10.0. The molecule has 1 aliphatic rings. The number of aromatic nitrogens is 3. The summed E-state index contributed by atoms with van der Waals surface area (Å²) in [5.41, 5.74) is 2.34. The summed E-state index contributed by atoms with van der Waals surface area (Å²) in [7, 11) is 0. The van der Waals surface area contributed by atoms with Crippen LogP contribution in [0.5, 0.6) is 11.5 Å². The number of ether oxygens (including phenoxy) is 2. The quantitative estimate of drug-likeness (QED) is 0.152. The van der Waals surface area contributed by atoms with Crippen molar-refractivity contribution in [3.05, 3.63) is 118 Å². The van der Waals surface area contributed by atoms with Crippen LogP contribution in [0.4, 0.5) is 4.39 Å². The SMILES string of the molecule is CCOc1ccc(-n2c(CNC(=O)COc3ccccc3)nnc2SCC(=O)N2N=C(c3cccs3)C[C@@H]2c2ccc(F)cc2)cc1. The number of benzene rings is 3. The average Bonchev–Trinajstić information content (AvgIpc) is 3.87. The van der Waals surface area contributed by atoms with Crippen molar-refractivity contribution in [1.82, 2.24) is 25.1 Å². The topological polar surface area (TPSA) is 111 Å². The zero-order valence-corrected chi connectivity index (χ0v) is 27.0. The molecule has 13 heteroatoms. The molecule has 0 radical (unpaired) electrons. The van der Waals surface area contributed by atoms with Crippen molar-refractivity contribution in [2.45, 2.75) is 31.1 Å². The standard InChI is InChI=1S/C34H31FN6O4S2/c1-2-44-27-16-14-25(15-17-27)40-31(20-36-32(42)21-45-26-7-4-3-5-8-26)37-38-34(40)47-22-33(43)41-29(23-10-12-24(35)13-11-23)19-28(39-41)30-9-6-18-46-30/h3-18,29H,2,19-22H2,1H3,(H,36,42)/t29-/m1/s1. The second-order valence-corrected chi connectivity index (χ2v) is 12.3.